The Balaban J connectivity index is 1.93. The Morgan fingerprint density at radius 1 is 1.22 bits per heavy atom. The van der Waals surface area contributed by atoms with E-state index in [1.54, 1.807) is 18.6 Å². The predicted octanol–water partition coefficient (Wildman–Crippen LogP) is 1.97. The summed E-state index contributed by atoms with van der Waals surface area (Å²) >= 11 is 0. The van der Waals surface area contributed by atoms with Crippen LogP contribution in [0.25, 0.3) is 11.1 Å². The molecule has 5 heteroatoms. The largest absolute Gasteiger partial charge is 0.493 e. The molecular formula is C13H10N4O. The van der Waals surface area contributed by atoms with Crippen LogP contribution in [-0.2, 0) is 6.42 Å². The molecule has 3 rings (SSSR count). The topological polar surface area (TPSA) is 70.8 Å². The SMILES string of the molecule is N#CNc1ncc(-c2ccc3c(c2)CCO3)cn1. The molecule has 0 radical (unpaired) electrons. The number of aromatic nitrogens is 2. The third-order valence-electron chi connectivity index (χ3n) is 2.84. The summed E-state index contributed by atoms with van der Waals surface area (Å²) in [5.74, 6) is 1.27. The number of nitrogens with one attached hydrogen (secondary N) is 1. The van der Waals surface area contributed by atoms with Gasteiger partial charge >= 0.3 is 0 Å². The van der Waals surface area contributed by atoms with Crippen molar-refractivity contribution in [3.05, 3.63) is 36.2 Å². The van der Waals surface area contributed by atoms with Crippen LogP contribution in [0.15, 0.2) is 30.6 Å². The number of anilines is 1. The maximum Gasteiger partial charge on any atom is 0.236 e. The fourth-order valence-electron chi connectivity index (χ4n) is 1.96. The van der Waals surface area contributed by atoms with E-state index in [1.807, 2.05) is 12.1 Å². The number of hydrogen-bond acceptors (Lipinski definition) is 5. The van der Waals surface area contributed by atoms with Crippen LogP contribution in [0.4, 0.5) is 5.95 Å². The third-order valence-corrected chi connectivity index (χ3v) is 2.84. The van der Waals surface area contributed by atoms with Crippen molar-refractivity contribution in [2.75, 3.05) is 11.9 Å². The van der Waals surface area contributed by atoms with Crippen LogP contribution in [0.1, 0.15) is 5.56 Å². The van der Waals surface area contributed by atoms with Crippen LogP contribution in [-0.4, -0.2) is 16.6 Å². The zero-order valence-corrected chi connectivity index (χ0v) is 9.55. The number of nitriles is 1. The maximum absolute atomic E-state index is 8.46. The van der Waals surface area contributed by atoms with Gasteiger partial charge in [0.05, 0.1) is 6.61 Å². The van der Waals surface area contributed by atoms with E-state index in [4.69, 9.17) is 10.00 Å². The molecule has 1 aromatic carbocycles. The minimum Gasteiger partial charge on any atom is -0.493 e. The first-order chi connectivity index (χ1) is 8.86. The minimum absolute atomic E-state index is 0.311. The van der Waals surface area contributed by atoms with E-state index in [-0.39, 0.29) is 0 Å². The van der Waals surface area contributed by atoms with Gasteiger partial charge in [0.1, 0.15) is 5.75 Å². The lowest BCUT2D eigenvalue weighted by molar-refractivity contribution is 0.357. The fraction of sp³-hybridized carbons (Fsp3) is 0.154. The number of hydrogen-bond donors (Lipinski definition) is 1. The van der Waals surface area contributed by atoms with Crippen molar-refractivity contribution in [2.24, 2.45) is 0 Å². The Labute approximate surface area is 104 Å². The van der Waals surface area contributed by atoms with E-state index in [0.29, 0.717) is 5.95 Å². The quantitative estimate of drug-likeness (QED) is 0.639. The maximum atomic E-state index is 8.46. The Bertz CT molecular complexity index is 616. The van der Waals surface area contributed by atoms with E-state index in [1.165, 1.54) is 5.56 Å². The fourth-order valence-corrected chi connectivity index (χ4v) is 1.96. The number of nitrogens with zero attached hydrogens (tertiary/aromatic N) is 3. The van der Waals surface area contributed by atoms with Crippen LogP contribution in [0.3, 0.4) is 0 Å². The second kappa shape index (κ2) is 4.34. The average Bonchev–Trinajstić information content (AvgIpc) is 2.87. The van der Waals surface area contributed by atoms with Gasteiger partial charge in [-0.25, -0.2) is 9.97 Å². The molecule has 1 aliphatic rings. The minimum atomic E-state index is 0.311. The summed E-state index contributed by atoms with van der Waals surface area (Å²) in [5, 5.41) is 10.8. The lowest BCUT2D eigenvalue weighted by Crippen LogP contribution is -1.95. The monoisotopic (exact) mass is 238 g/mol. The third kappa shape index (κ3) is 1.84. The summed E-state index contributed by atoms with van der Waals surface area (Å²) in [4.78, 5) is 8.12. The van der Waals surface area contributed by atoms with Crippen molar-refractivity contribution in [2.45, 2.75) is 6.42 Å². The Hall–Kier alpha value is -2.61. The highest BCUT2D eigenvalue weighted by Gasteiger charge is 2.12. The Kier molecular flexibility index (Phi) is 2.54. The van der Waals surface area contributed by atoms with Crippen molar-refractivity contribution in [1.29, 1.82) is 5.26 Å². The normalized spacial score (nSPS) is 12.4. The van der Waals surface area contributed by atoms with E-state index in [0.717, 1.165) is 29.9 Å². The zero-order chi connectivity index (χ0) is 12.4. The summed E-state index contributed by atoms with van der Waals surface area (Å²) in [6.45, 7) is 0.750. The highest BCUT2D eigenvalue weighted by Crippen LogP contribution is 2.29. The van der Waals surface area contributed by atoms with Crippen LogP contribution in [0.5, 0.6) is 5.75 Å². The lowest BCUT2D eigenvalue weighted by atomic mass is 10.0. The van der Waals surface area contributed by atoms with Gasteiger partial charge in [-0.2, -0.15) is 5.26 Å². The molecule has 1 aliphatic heterocycles. The van der Waals surface area contributed by atoms with Gasteiger partial charge in [-0.3, -0.25) is 5.32 Å². The van der Waals surface area contributed by atoms with Gasteiger partial charge in [0, 0.05) is 24.4 Å². The summed E-state index contributed by atoms with van der Waals surface area (Å²) in [7, 11) is 0. The van der Waals surface area contributed by atoms with Crippen molar-refractivity contribution >= 4 is 5.95 Å². The predicted molar refractivity (Wildman–Crippen MR) is 65.9 cm³/mol. The van der Waals surface area contributed by atoms with Crippen LogP contribution in [0.2, 0.25) is 0 Å². The standard InChI is InChI=1S/C13H10N4O/c14-8-17-13-15-6-11(7-16-13)9-1-2-12-10(5-9)3-4-18-12/h1-2,5-7H,3-4H2,(H,15,16,17). The molecule has 0 atom stereocenters. The van der Waals surface area contributed by atoms with Gasteiger partial charge in [-0.1, -0.05) is 6.07 Å². The molecule has 0 saturated heterocycles. The number of benzene rings is 1. The first kappa shape index (κ1) is 10.5. The molecule has 0 amide bonds. The van der Waals surface area contributed by atoms with Crippen LogP contribution < -0.4 is 10.1 Å². The second-order valence-electron chi connectivity index (χ2n) is 3.95. The van der Waals surface area contributed by atoms with Crippen LogP contribution >= 0.6 is 0 Å². The van der Waals surface area contributed by atoms with Crippen LogP contribution in [0, 0.1) is 11.5 Å². The summed E-state index contributed by atoms with van der Waals surface area (Å²) in [6.07, 6.45) is 6.13. The van der Waals surface area contributed by atoms with Gasteiger partial charge in [-0.15, -0.1) is 0 Å². The second-order valence-corrected chi connectivity index (χ2v) is 3.95. The Morgan fingerprint density at radius 2 is 2.06 bits per heavy atom. The molecule has 0 bridgehead atoms. The van der Waals surface area contributed by atoms with Gasteiger partial charge in [0.25, 0.3) is 0 Å². The highest BCUT2D eigenvalue weighted by atomic mass is 16.5. The summed E-state index contributed by atoms with van der Waals surface area (Å²) in [6, 6.07) is 6.05. The lowest BCUT2D eigenvalue weighted by Gasteiger charge is -2.04. The average molecular weight is 238 g/mol. The first-order valence-electron chi connectivity index (χ1n) is 5.60. The summed E-state index contributed by atoms with van der Waals surface area (Å²) in [5.41, 5.74) is 3.20. The van der Waals surface area contributed by atoms with Crippen molar-refractivity contribution in [3.8, 4) is 23.1 Å². The molecular weight excluding hydrogens is 228 g/mol. The molecule has 0 fully saturated rings. The first-order valence-corrected chi connectivity index (χ1v) is 5.60. The molecule has 18 heavy (non-hydrogen) atoms. The number of ether oxygens (including phenoxy) is 1. The molecule has 0 aliphatic carbocycles. The van der Waals surface area contributed by atoms with E-state index in [9.17, 15) is 0 Å². The molecule has 2 heterocycles. The molecule has 5 nitrogen and oxygen atoms in total. The number of fused-ring (bicyclic) bond motifs is 1. The molecule has 1 aromatic heterocycles. The van der Waals surface area contributed by atoms with E-state index in [2.05, 4.69) is 21.4 Å². The zero-order valence-electron chi connectivity index (χ0n) is 9.55. The highest BCUT2D eigenvalue weighted by molar-refractivity contribution is 5.65. The molecule has 0 spiro atoms. The molecule has 88 valence electrons. The van der Waals surface area contributed by atoms with Crippen molar-refractivity contribution < 1.29 is 4.74 Å². The Morgan fingerprint density at radius 3 is 2.83 bits per heavy atom. The summed E-state index contributed by atoms with van der Waals surface area (Å²) < 4.78 is 5.46. The number of rotatable bonds is 2. The van der Waals surface area contributed by atoms with Gasteiger partial charge < -0.3 is 4.74 Å². The van der Waals surface area contributed by atoms with Gasteiger partial charge in [-0.05, 0) is 23.3 Å². The molecule has 0 saturated carbocycles. The molecule has 2 aromatic rings. The van der Waals surface area contributed by atoms with E-state index >= 15 is 0 Å². The molecule has 0 unspecified atom stereocenters. The smallest absolute Gasteiger partial charge is 0.236 e. The van der Waals surface area contributed by atoms with Crippen molar-refractivity contribution in [1.82, 2.24) is 9.97 Å². The van der Waals surface area contributed by atoms with Gasteiger partial charge in [0.15, 0.2) is 6.19 Å². The van der Waals surface area contributed by atoms with E-state index < -0.39 is 0 Å². The van der Waals surface area contributed by atoms with Crippen molar-refractivity contribution in [3.63, 3.8) is 0 Å². The van der Waals surface area contributed by atoms with Gasteiger partial charge in [0.2, 0.25) is 5.95 Å². The molecule has 1 N–H and O–H groups in total.